The third-order valence-electron chi connectivity index (χ3n) is 2.58. The van der Waals surface area contributed by atoms with Crippen LogP contribution in [-0.2, 0) is 4.79 Å². The van der Waals surface area contributed by atoms with Gasteiger partial charge in [-0.1, -0.05) is 30.7 Å². The van der Waals surface area contributed by atoms with Crippen molar-refractivity contribution < 1.29 is 9.53 Å². The van der Waals surface area contributed by atoms with Gasteiger partial charge in [-0.15, -0.1) is 0 Å². The Hall–Kier alpha value is -1.26. The molecule has 1 rings (SSSR count). The molecule has 2 N–H and O–H groups in total. The largest absolute Gasteiger partial charge is 0.491 e. The maximum atomic E-state index is 11.6. The molecule has 0 aromatic heterocycles. The van der Waals surface area contributed by atoms with Crippen molar-refractivity contribution in [2.75, 3.05) is 19.7 Å². The lowest BCUT2D eigenvalue weighted by Crippen LogP contribution is -2.39. The van der Waals surface area contributed by atoms with Gasteiger partial charge in [0.05, 0.1) is 18.1 Å². The highest BCUT2D eigenvalue weighted by Crippen LogP contribution is 2.22. The van der Waals surface area contributed by atoms with Gasteiger partial charge in [0.25, 0.3) is 0 Å². The Kier molecular flexibility index (Phi) is 7.30. The molecule has 0 bridgehead atoms. The van der Waals surface area contributed by atoms with Gasteiger partial charge in [-0.3, -0.25) is 4.79 Å². The number of benzene rings is 1. The zero-order valence-electron chi connectivity index (χ0n) is 11.4. The van der Waals surface area contributed by atoms with Crippen LogP contribution in [0.1, 0.15) is 20.3 Å². The normalized spacial score (nSPS) is 11.9. The first-order valence-corrected chi connectivity index (χ1v) is 6.88. The molecule has 0 saturated heterocycles. The van der Waals surface area contributed by atoms with Crippen LogP contribution in [0.2, 0.25) is 5.02 Å². The van der Waals surface area contributed by atoms with Gasteiger partial charge in [0, 0.05) is 12.6 Å². The zero-order chi connectivity index (χ0) is 14.1. The average molecular weight is 285 g/mol. The molecule has 0 aliphatic carbocycles. The van der Waals surface area contributed by atoms with Gasteiger partial charge in [0.15, 0.2) is 0 Å². The smallest absolute Gasteiger partial charge is 0.223 e. The minimum atomic E-state index is -0.0168. The van der Waals surface area contributed by atoms with Crippen molar-refractivity contribution in [2.45, 2.75) is 26.3 Å². The van der Waals surface area contributed by atoms with E-state index in [4.69, 9.17) is 16.3 Å². The molecular weight excluding hydrogens is 264 g/mol. The third kappa shape index (κ3) is 6.45. The second kappa shape index (κ2) is 8.77. The van der Waals surface area contributed by atoms with Crippen LogP contribution in [-0.4, -0.2) is 31.6 Å². The van der Waals surface area contributed by atoms with Crippen LogP contribution in [0.4, 0.5) is 0 Å². The molecule has 5 heteroatoms. The van der Waals surface area contributed by atoms with Gasteiger partial charge >= 0.3 is 0 Å². The lowest BCUT2D eigenvalue weighted by atomic mass is 10.3. The standard InChI is InChI=1S/C14H21ClN2O2/c1-3-16-11(2)10-17-14(18)8-9-19-13-7-5-4-6-12(13)15/h4-7,11,16H,3,8-10H2,1-2H3,(H,17,18)/t11-/m1/s1. The van der Waals surface area contributed by atoms with E-state index in [1.165, 1.54) is 0 Å². The van der Waals surface area contributed by atoms with Gasteiger partial charge in [-0.05, 0) is 25.6 Å². The molecule has 1 aromatic carbocycles. The number of hydrogen-bond acceptors (Lipinski definition) is 3. The van der Waals surface area contributed by atoms with E-state index < -0.39 is 0 Å². The van der Waals surface area contributed by atoms with Crippen molar-refractivity contribution in [3.8, 4) is 5.75 Å². The van der Waals surface area contributed by atoms with E-state index in [0.29, 0.717) is 30.3 Å². The van der Waals surface area contributed by atoms with Crippen molar-refractivity contribution in [2.24, 2.45) is 0 Å². The second-order valence-electron chi connectivity index (χ2n) is 4.29. The van der Waals surface area contributed by atoms with E-state index in [2.05, 4.69) is 10.6 Å². The van der Waals surface area contributed by atoms with Gasteiger partial charge in [-0.25, -0.2) is 0 Å². The summed E-state index contributed by atoms with van der Waals surface area (Å²) in [5.41, 5.74) is 0. The van der Waals surface area contributed by atoms with Crippen molar-refractivity contribution in [3.63, 3.8) is 0 Å². The number of carbonyl (C=O) groups is 1. The van der Waals surface area contributed by atoms with E-state index in [9.17, 15) is 4.79 Å². The molecule has 1 amide bonds. The summed E-state index contributed by atoms with van der Waals surface area (Å²) in [4.78, 5) is 11.6. The summed E-state index contributed by atoms with van der Waals surface area (Å²) in [6.45, 7) is 5.91. The van der Waals surface area contributed by atoms with Gasteiger partial charge < -0.3 is 15.4 Å². The van der Waals surface area contributed by atoms with Gasteiger partial charge in [0.1, 0.15) is 5.75 Å². The number of likely N-dealkylation sites (N-methyl/N-ethyl adjacent to an activating group) is 1. The Bertz CT molecular complexity index is 399. The lowest BCUT2D eigenvalue weighted by molar-refractivity contribution is -0.121. The fourth-order valence-electron chi connectivity index (χ4n) is 1.59. The highest BCUT2D eigenvalue weighted by atomic mass is 35.5. The summed E-state index contributed by atoms with van der Waals surface area (Å²) in [5, 5.41) is 6.64. The van der Waals surface area contributed by atoms with E-state index in [0.717, 1.165) is 6.54 Å². The average Bonchev–Trinajstić information content (AvgIpc) is 2.39. The maximum absolute atomic E-state index is 11.6. The Labute approximate surface area is 119 Å². The highest BCUT2D eigenvalue weighted by molar-refractivity contribution is 6.32. The van der Waals surface area contributed by atoms with Crippen LogP contribution < -0.4 is 15.4 Å². The zero-order valence-corrected chi connectivity index (χ0v) is 12.2. The molecule has 106 valence electrons. The van der Waals surface area contributed by atoms with E-state index in [1.807, 2.05) is 26.0 Å². The first-order valence-electron chi connectivity index (χ1n) is 6.51. The van der Waals surface area contributed by atoms with Crippen LogP contribution >= 0.6 is 11.6 Å². The van der Waals surface area contributed by atoms with Crippen LogP contribution in [0.25, 0.3) is 0 Å². The van der Waals surface area contributed by atoms with Crippen LogP contribution in [0.3, 0.4) is 0 Å². The number of carbonyl (C=O) groups excluding carboxylic acids is 1. The summed E-state index contributed by atoms with van der Waals surface area (Å²) in [6.07, 6.45) is 0.323. The topological polar surface area (TPSA) is 50.4 Å². The number of halogens is 1. The minimum Gasteiger partial charge on any atom is -0.491 e. The number of rotatable bonds is 8. The molecule has 0 radical (unpaired) electrons. The van der Waals surface area contributed by atoms with Crippen LogP contribution in [0.5, 0.6) is 5.75 Å². The van der Waals surface area contributed by atoms with Crippen molar-refractivity contribution in [1.82, 2.24) is 10.6 Å². The molecule has 4 nitrogen and oxygen atoms in total. The summed E-state index contributed by atoms with van der Waals surface area (Å²) in [5.74, 6) is 0.592. The Morgan fingerprint density at radius 2 is 2.16 bits per heavy atom. The molecular formula is C14H21ClN2O2. The number of amides is 1. The quantitative estimate of drug-likeness (QED) is 0.770. The highest BCUT2D eigenvalue weighted by Gasteiger charge is 2.05. The van der Waals surface area contributed by atoms with Crippen molar-refractivity contribution >= 4 is 17.5 Å². The SMILES string of the molecule is CCN[C@H](C)CNC(=O)CCOc1ccccc1Cl. The van der Waals surface area contributed by atoms with Gasteiger partial charge in [0.2, 0.25) is 5.91 Å². The summed E-state index contributed by atoms with van der Waals surface area (Å²) in [7, 11) is 0. The van der Waals surface area contributed by atoms with Gasteiger partial charge in [-0.2, -0.15) is 0 Å². The molecule has 0 fully saturated rings. The number of nitrogens with one attached hydrogen (secondary N) is 2. The summed E-state index contributed by atoms with van der Waals surface area (Å²) in [6, 6.07) is 7.50. The first kappa shape index (κ1) is 15.8. The Morgan fingerprint density at radius 1 is 1.42 bits per heavy atom. The predicted octanol–water partition coefficient (Wildman–Crippen LogP) is 2.22. The molecule has 0 saturated carbocycles. The molecule has 0 aliphatic heterocycles. The predicted molar refractivity (Wildman–Crippen MR) is 77.7 cm³/mol. The molecule has 1 atom stereocenters. The Balaban J connectivity index is 2.19. The lowest BCUT2D eigenvalue weighted by Gasteiger charge is -2.13. The molecule has 19 heavy (non-hydrogen) atoms. The number of para-hydroxylation sites is 1. The fraction of sp³-hybridized carbons (Fsp3) is 0.500. The number of ether oxygens (including phenoxy) is 1. The van der Waals surface area contributed by atoms with E-state index in [-0.39, 0.29) is 11.9 Å². The molecule has 1 aromatic rings. The minimum absolute atomic E-state index is 0.0168. The van der Waals surface area contributed by atoms with Crippen LogP contribution in [0, 0.1) is 0 Å². The second-order valence-corrected chi connectivity index (χ2v) is 4.70. The summed E-state index contributed by atoms with van der Waals surface area (Å²) < 4.78 is 5.45. The third-order valence-corrected chi connectivity index (χ3v) is 2.89. The molecule has 0 aliphatic rings. The van der Waals surface area contributed by atoms with E-state index in [1.54, 1.807) is 12.1 Å². The monoisotopic (exact) mass is 284 g/mol. The van der Waals surface area contributed by atoms with E-state index >= 15 is 0 Å². The number of hydrogen-bond donors (Lipinski definition) is 2. The fourth-order valence-corrected chi connectivity index (χ4v) is 1.78. The first-order chi connectivity index (χ1) is 9.13. The molecule has 0 heterocycles. The van der Waals surface area contributed by atoms with Crippen molar-refractivity contribution in [1.29, 1.82) is 0 Å². The Morgan fingerprint density at radius 3 is 2.84 bits per heavy atom. The maximum Gasteiger partial charge on any atom is 0.223 e. The molecule has 0 unspecified atom stereocenters. The molecule has 0 spiro atoms. The van der Waals surface area contributed by atoms with Crippen molar-refractivity contribution in [3.05, 3.63) is 29.3 Å². The van der Waals surface area contributed by atoms with Crippen LogP contribution in [0.15, 0.2) is 24.3 Å². The summed E-state index contributed by atoms with van der Waals surface area (Å²) >= 11 is 5.94.